The summed E-state index contributed by atoms with van der Waals surface area (Å²) in [7, 11) is -3.47. The van der Waals surface area contributed by atoms with Gasteiger partial charge in [0.25, 0.3) is 0 Å². The summed E-state index contributed by atoms with van der Waals surface area (Å²) in [4.78, 5) is 12.4. The van der Waals surface area contributed by atoms with Gasteiger partial charge in [0.05, 0.1) is 4.90 Å². The minimum absolute atomic E-state index is 0.0229. The van der Waals surface area contributed by atoms with Crippen LogP contribution in [-0.2, 0) is 16.6 Å². The second-order valence-corrected chi connectivity index (χ2v) is 8.74. The minimum Gasteiger partial charge on any atom is -0.335 e. The van der Waals surface area contributed by atoms with Crippen molar-refractivity contribution in [2.75, 3.05) is 13.1 Å². The van der Waals surface area contributed by atoms with Gasteiger partial charge in [0, 0.05) is 25.7 Å². The Hall–Kier alpha value is -2.38. The number of carbonyl (C=O) groups excluding carboxylic acids is 1. The van der Waals surface area contributed by atoms with E-state index in [1.807, 2.05) is 37.3 Å². The Bertz CT molecular complexity index is 859. The van der Waals surface area contributed by atoms with Crippen LogP contribution in [0.25, 0.3) is 0 Å². The Balaban J connectivity index is 1.48. The lowest BCUT2D eigenvalue weighted by atomic mass is 10.1. The molecule has 7 heteroatoms. The van der Waals surface area contributed by atoms with E-state index in [-0.39, 0.29) is 12.1 Å². The Morgan fingerprint density at radius 1 is 1.04 bits per heavy atom. The molecule has 6 nitrogen and oxygen atoms in total. The van der Waals surface area contributed by atoms with E-state index in [4.69, 9.17) is 0 Å². The number of hydrogen-bond acceptors (Lipinski definition) is 3. The van der Waals surface area contributed by atoms with E-state index in [0.29, 0.717) is 37.4 Å². The second kappa shape index (κ2) is 8.54. The number of rotatable bonds is 5. The molecule has 2 amide bonds. The molecule has 0 aromatic heterocycles. The number of benzene rings is 2. The van der Waals surface area contributed by atoms with Crippen LogP contribution in [-0.4, -0.2) is 37.9 Å². The monoisotopic (exact) mass is 387 g/mol. The molecule has 1 saturated heterocycles. The first kappa shape index (κ1) is 19.4. The zero-order valence-corrected chi connectivity index (χ0v) is 16.2. The zero-order chi connectivity index (χ0) is 19.3. The van der Waals surface area contributed by atoms with Gasteiger partial charge in [-0.25, -0.2) is 13.2 Å². The van der Waals surface area contributed by atoms with Crippen LogP contribution in [0.4, 0.5) is 4.79 Å². The Kier molecular flexibility index (Phi) is 6.13. The second-order valence-electron chi connectivity index (χ2n) is 6.80. The summed E-state index contributed by atoms with van der Waals surface area (Å²) in [6.07, 6.45) is 1.20. The van der Waals surface area contributed by atoms with Gasteiger partial charge in [0.15, 0.2) is 0 Å². The first-order valence-corrected chi connectivity index (χ1v) is 10.5. The first-order valence-electron chi connectivity index (χ1n) is 9.10. The highest BCUT2D eigenvalue weighted by Gasteiger charge is 2.29. The average molecular weight is 388 g/mol. The number of aryl methyl sites for hydroxylation is 1. The molecule has 0 unspecified atom stereocenters. The van der Waals surface area contributed by atoms with Crippen LogP contribution in [0.3, 0.4) is 0 Å². The Morgan fingerprint density at radius 3 is 2.30 bits per heavy atom. The lowest BCUT2D eigenvalue weighted by Crippen LogP contribution is -2.48. The van der Waals surface area contributed by atoms with Crippen molar-refractivity contribution in [3.8, 4) is 0 Å². The molecule has 2 N–H and O–H groups in total. The van der Waals surface area contributed by atoms with E-state index in [2.05, 4.69) is 10.6 Å². The summed E-state index contributed by atoms with van der Waals surface area (Å²) >= 11 is 0. The van der Waals surface area contributed by atoms with Crippen molar-refractivity contribution in [1.82, 2.24) is 14.9 Å². The van der Waals surface area contributed by atoms with E-state index >= 15 is 0 Å². The molecule has 1 aliphatic heterocycles. The van der Waals surface area contributed by atoms with Crippen molar-refractivity contribution in [2.45, 2.75) is 37.2 Å². The molecule has 3 rings (SSSR count). The number of amides is 2. The van der Waals surface area contributed by atoms with Crippen molar-refractivity contribution in [1.29, 1.82) is 0 Å². The summed E-state index contributed by atoms with van der Waals surface area (Å²) in [6.45, 7) is 3.20. The summed E-state index contributed by atoms with van der Waals surface area (Å²) in [6, 6.07) is 16.3. The van der Waals surface area contributed by atoms with Gasteiger partial charge in [-0.1, -0.05) is 48.0 Å². The molecule has 1 fully saturated rings. The number of nitrogens with zero attached hydrogens (tertiary/aromatic N) is 1. The largest absolute Gasteiger partial charge is 0.335 e. The van der Waals surface area contributed by atoms with E-state index in [9.17, 15) is 13.2 Å². The molecule has 0 bridgehead atoms. The third-order valence-electron chi connectivity index (χ3n) is 4.74. The number of carbonyl (C=O) groups is 1. The molecule has 2 aromatic rings. The molecule has 1 heterocycles. The quantitative estimate of drug-likeness (QED) is 0.828. The SMILES string of the molecule is Cc1ccc(S(=O)(=O)N2CCC(NC(=O)NCc3ccccc3)CC2)cc1. The highest BCUT2D eigenvalue weighted by atomic mass is 32.2. The van der Waals surface area contributed by atoms with Gasteiger partial charge in [-0.05, 0) is 37.5 Å². The Labute approximate surface area is 160 Å². The summed E-state index contributed by atoms with van der Waals surface area (Å²) in [5.41, 5.74) is 2.06. The molecule has 0 radical (unpaired) electrons. The highest BCUT2D eigenvalue weighted by Crippen LogP contribution is 2.21. The fourth-order valence-electron chi connectivity index (χ4n) is 3.11. The predicted molar refractivity (Wildman–Crippen MR) is 105 cm³/mol. The fraction of sp³-hybridized carbons (Fsp3) is 0.350. The molecule has 0 spiro atoms. The molecule has 0 aliphatic carbocycles. The lowest BCUT2D eigenvalue weighted by molar-refractivity contribution is 0.227. The van der Waals surface area contributed by atoms with Gasteiger partial charge in [-0.2, -0.15) is 4.31 Å². The third kappa shape index (κ3) is 5.08. The minimum atomic E-state index is -3.47. The maximum absolute atomic E-state index is 12.7. The third-order valence-corrected chi connectivity index (χ3v) is 6.66. The van der Waals surface area contributed by atoms with Crippen molar-refractivity contribution in [2.24, 2.45) is 0 Å². The van der Waals surface area contributed by atoms with Crippen LogP contribution >= 0.6 is 0 Å². The van der Waals surface area contributed by atoms with Gasteiger partial charge in [-0.3, -0.25) is 0 Å². The smallest absolute Gasteiger partial charge is 0.315 e. The molecule has 1 aliphatic rings. The van der Waals surface area contributed by atoms with Gasteiger partial charge >= 0.3 is 6.03 Å². The van der Waals surface area contributed by atoms with Crippen molar-refractivity contribution in [3.63, 3.8) is 0 Å². The highest BCUT2D eigenvalue weighted by molar-refractivity contribution is 7.89. The molecule has 27 heavy (non-hydrogen) atoms. The number of hydrogen-bond donors (Lipinski definition) is 2. The molecule has 0 saturated carbocycles. The van der Waals surface area contributed by atoms with Crippen LogP contribution in [0.15, 0.2) is 59.5 Å². The molecule has 144 valence electrons. The molecule has 2 aromatic carbocycles. The normalized spacial score (nSPS) is 16.0. The Morgan fingerprint density at radius 2 is 1.67 bits per heavy atom. The van der Waals surface area contributed by atoms with Crippen molar-refractivity contribution < 1.29 is 13.2 Å². The maximum Gasteiger partial charge on any atom is 0.315 e. The van der Waals surface area contributed by atoms with Crippen molar-refractivity contribution in [3.05, 3.63) is 65.7 Å². The zero-order valence-electron chi connectivity index (χ0n) is 15.4. The van der Waals surface area contributed by atoms with E-state index < -0.39 is 10.0 Å². The maximum atomic E-state index is 12.7. The topological polar surface area (TPSA) is 78.5 Å². The number of sulfonamides is 1. The van der Waals surface area contributed by atoms with Crippen molar-refractivity contribution >= 4 is 16.1 Å². The van der Waals surface area contributed by atoms with Gasteiger partial charge in [0.1, 0.15) is 0 Å². The van der Waals surface area contributed by atoms with Gasteiger partial charge in [0.2, 0.25) is 10.0 Å². The summed E-state index contributed by atoms with van der Waals surface area (Å²) in [5.74, 6) is 0. The first-order chi connectivity index (χ1) is 12.9. The number of nitrogens with one attached hydrogen (secondary N) is 2. The summed E-state index contributed by atoms with van der Waals surface area (Å²) in [5, 5.41) is 5.77. The van der Waals surface area contributed by atoms with Crippen LogP contribution in [0.1, 0.15) is 24.0 Å². The van der Waals surface area contributed by atoms with Gasteiger partial charge < -0.3 is 10.6 Å². The van der Waals surface area contributed by atoms with Gasteiger partial charge in [-0.15, -0.1) is 0 Å². The molecular weight excluding hydrogens is 362 g/mol. The average Bonchev–Trinajstić information content (AvgIpc) is 2.68. The number of urea groups is 1. The van der Waals surface area contributed by atoms with E-state index in [1.54, 1.807) is 24.3 Å². The fourth-order valence-corrected chi connectivity index (χ4v) is 4.58. The van der Waals surface area contributed by atoms with Crippen LogP contribution in [0.5, 0.6) is 0 Å². The molecular formula is C20H25N3O3S. The summed E-state index contributed by atoms with van der Waals surface area (Å²) < 4.78 is 26.9. The predicted octanol–water partition coefficient (Wildman–Crippen LogP) is 2.65. The standard InChI is InChI=1S/C20H25N3O3S/c1-16-7-9-19(10-8-16)27(25,26)23-13-11-18(12-14-23)22-20(24)21-15-17-5-3-2-4-6-17/h2-10,18H,11-15H2,1H3,(H2,21,22,24). The van der Waals surface area contributed by atoms with Crippen LogP contribution < -0.4 is 10.6 Å². The lowest BCUT2D eigenvalue weighted by Gasteiger charge is -2.31. The molecule has 0 atom stereocenters. The van der Waals surface area contributed by atoms with Crippen LogP contribution in [0.2, 0.25) is 0 Å². The van der Waals surface area contributed by atoms with E-state index in [1.165, 1.54) is 4.31 Å². The van der Waals surface area contributed by atoms with E-state index in [0.717, 1.165) is 11.1 Å². The van der Waals surface area contributed by atoms with Crippen LogP contribution in [0, 0.1) is 6.92 Å². The number of piperidine rings is 1.